The van der Waals surface area contributed by atoms with E-state index in [9.17, 15) is 4.79 Å². The summed E-state index contributed by atoms with van der Waals surface area (Å²) in [6, 6.07) is 12.2. The molecule has 0 saturated carbocycles. The number of nitrogens with zero attached hydrogens (tertiary/aromatic N) is 1. The summed E-state index contributed by atoms with van der Waals surface area (Å²) < 4.78 is 4.68. The van der Waals surface area contributed by atoms with Crippen LogP contribution in [-0.4, -0.2) is 25.1 Å². The van der Waals surface area contributed by atoms with Crippen LogP contribution in [0.3, 0.4) is 0 Å². The third kappa shape index (κ3) is 4.95. The number of ether oxygens (including phenoxy) is 1. The fourth-order valence-corrected chi connectivity index (χ4v) is 2.36. The summed E-state index contributed by atoms with van der Waals surface area (Å²) in [5.41, 5.74) is 4.38. The van der Waals surface area contributed by atoms with Crippen molar-refractivity contribution in [3.05, 3.63) is 66.0 Å². The molecule has 2 aromatic rings. The summed E-state index contributed by atoms with van der Waals surface area (Å²) in [6.07, 6.45) is 7.80. The Morgan fingerprint density at radius 2 is 2.09 bits per heavy atom. The Morgan fingerprint density at radius 3 is 2.78 bits per heavy atom. The standard InChI is InChI=1S/C19H22N2O2/c1-20-17-9-5-7-15(13-17)18(16-8-6-12-21-14-16)10-3-4-11-19(22)23-2/h5-10,12-14,20H,3-4,11H2,1-2H3/b18-10-. The summed E-state index contributed by atoms with van der Waals surface area (Å²) in [6.45, 7) is 0. The molecule has 0 bridgehead atoms. The van der Waals surface area contributed by atoms with Gasteiger partial charge in [0.05, 0.1) is 7.11 Å². The highest BCUT2D eigenvalue weighted by atomic mass is 16.5. The lowest BCUT2D eigenvalue weighted by Crippen LogP contribution is -1.99. The molecule has 0 amide bonds. The Hall–Kier alpha value is -2.62. The van der Waals surface area contributed by atoms with Gasteiger partial charge in [-0.1, -0.05) is 24.3 Å². The second kappa shape index (κ2) is 8.73. The monoisotopic (exact) mass is 310 g/mol. The van der Waals surface area contributed by atoms with Gasteiger partial charge in [0.25, 0.3) is 0 Å². The highest BCUT2D eigenvalue weighted by molar-refractivity contribution is 5.80. The number of carbonyl (C=O) groups is 1. The van der Waals surface area contributed by atoms with Crippen molar-refractivity contribution in [3.8, 4) is 0 Å². The number of nitrogens with one attached hydrogen (secondary N) is 1. The Labute approximate surface area is 137 Å². The van der Waals surface area contributed by atoms with Gasteiger partial charge in [0, 0.05) is 37.1 Å². The molecule has 0 fully saturated rings. The molecule has 0 aliphatic rings. The summed E-state index contributed by atoms with van der Waals surface area (Å²) in [4.78, 5) is 15.4. The molecule has 0 saturated heterocycles. The molecule has 4 heteroatoms. The van der Waals surface area contributed by atoms with E-state index in [1.807, 2.05) is 37.5 Å². The second-order valence-corrected chi connectivity index (χ2v) is 5.16. The zero-order valence-electron chi connectivity index (χ0n) is 13.6. The predicted octanol–water partition coefficient (Wildman–Crippen LogP) is 3.90. The van der Waals surface area contributed by atoms with Crippen LogP contribution in [0.25, 0.3) is 5.57 Å². The van der Waals surface area contributed by atoms with Gasteiger partial charge in [-0.2, -0.15) is 0 Å². The summed E-state index contributed by atoms with van der Waals surface area (Å²) in [5.74, 6) is -0.168. The lowest BCUT2D eigenvalue weighted by molar-refractivity contribution is -0.140. The SMILES string of the molecule is CNc1cccc(/C(=C/CCCC(=O)OC)c2cccnc2)c1. The molecule has 0 radical (unpaired) electrons. The molecule has 4 nitrogen and oxygen atoms in total. The maximum absolute atomic E-state index is 11.2. The number of hydrogen-bond acceptors (Lipinski definition) is 4. The van der Waals surface area contributed by atoms with Crippen molar-refractivity contribution >= 4 is 17.2 Å². The molecule has 1 heterocycles. The van der Waals surface area contributed by atoms with Crippen LogP contribution in [0.2, 0.25) is 0 Å². The molecular weight excluding hydrogens is 288 g/mol. The van der Waals surface area contributed by atoms with E-state index in [0.29, 0.717) is 6.42 Å². The molecule has 0 unspecified atom stereocenters. The first-order chi connectivity index (χ1) is 11.2. The van der Waals surface area contributed by atoms with E-state index in [4.69, 9.17) is 0 Å². The van der Waals surface area contributed by atoms with Gasteiger partial charge in [-0.05, 0) is 42.2 Å². The van der Waals surface area contributed by atoms with Crippen molar-refractivity contribution in [1.29, 1.82) is 0 Å². The van der Waals surface area contributed by atoms with Gasteiger partial charge in [-0.3, -0.25) is 9.78 Å². The van der Waals surface area contributed by atoms with E-state index < -0.39 is 0 Å². The van der Waals surface area contributed by atoms with E-state index in [2.05, 4.69) is 33.2 Å². The number of methoxy groups -OCH3 is 1. The quantitative estimate of drug-likeness (QED) is 0.622. The van der Waals surface area contributed by atoms with Crippen LogP contribution >= 0.6 is 0 Å². The first kappa shape index (κ1) is 16.7. The Bertz CT molecular complexity index is 666. The first-order valence-corrected chi connectivity index (χ1v) is 7.70. The van der Waals surface area contributed by atoms with Crippen molar-refractivity contribution in [1.82, 2.24) is 4.98 Å². The zero-order chi connectivity index (χ0) is 16.5. The Morgan fingerprint density at radius 1 is 1.26 bits per heavy atom. The molecular formula is C19H22N2O2. The molecule has 120 valence electrons. The summed E-state index contributed by atoms with van der Waals surface area (Å²) >= 11 is 0. The number of benzene rings is 1. The maximum atomic E-state index is 11.2. The van der Waals surface area contributed by atoms with E-state index in [-0.39, 0.29) is 5.97 Å². The third-order valence-electron chi connectivity index (χ3n) is 3.60. The van der Waals surface area contributed by atoms with Gasteiger partial charge in [0.1, 0.15) is 0 Å². The number of rotatable bonds is 7. The molecule has 0 aliphatic heterocycles. The van der Waals surface area contributed by atoms with E-state index in [0.717, 1.165) is 35.2 Å². The van der Waals surface area contributed by atoms with Crippen LogP contribution in [0.5, 0.6) is 0 Å². The van der Waals surface area contributed by atoms with E-state index >= 15 is 0 Å². The first-order valence-electron chi connectivity index (χ1n) is 7.70. The molecule has 1 aromatic heterocycles. The molecule has 2 rings (SSSR count). The number of hydrogen-bond donors (Lipinski definition) is 1. The van der Waals surface area contributed by atoms with Crippen molar-refractivity contribution in [2.45, 2.75) is 19.3 Å². The van der Waals surface area contributed by atoms with Gasteiger partial charge in [0.15, 0.2) is 0 Å². The highest BCUT2D eigenvalue weighted by Gasteiger charge is 2.06. The molecule has 0 spiro atoms. The number of allylic oxidation sites excluding steroid dienone is 1. The van der Waals surface area contributed by atoms with Crippen molar-refractivity contribution < 1.29 is 9.53 Å². The fraction of sp³-hybridized carbons (Fsp3) is 0.263. The lowest BCUT2D eigenvalue weighted by atomic mass is 9.97. The highest BCUT2D eigenvalue weighted by Crippen LogP contribution is 2.26. The average molecular weight is 310 g/mol. The van der Waals surface area contributed by atoms with Crippen molar-refractivity contribution in [3.63, 3.8) is 0 Å². The Balaban J connectivity index is 2.23. The number of pyridine rings is 1. The minimum Gasteiger partial charge on any atom is -0.469 e. The Kier molecular flexibility index (Phi) is 6.36. The predicted molar refractivity (Wildman–Crippen MR) is 93.2 cm³/mol. The molecule has 0 aliphatic carbocycles. The van der Waals surface area contributed by atoms with Crippen molar-refractivity contribution in [2.24, 2.45) is 0 Å². The van der Waals surface area contributed by atoms with Crippen molar-refractivity contribution in [2.75, 3.05) is 19.5 Å². The van der Waals surface area contributed by atoms with Gasteiger partial charge in [-0.15, -0.1) is 0 Å². The maximum Gasteiger partial charge on any atom is 0.305 e. The van der Waals surface area contributed by atoms with Crippen LogP contribution in [-0.2, 0) is 9.53 Å². The topological polar surface area (TPSA) is 51.2 Å². The second-order valence-electron chi connectivity index (χ2n) is 5.16. The van der Waals surface area contributed by atoms with E-state index in [1.165, 1.54) is 7.11 Å². The average Bonchev–Trinajstić information content (AvgIpc) is 2.62. The number of carbonyl (C=O) groups excluding carboxylic acids is 1. The molecule has 23 heavy (non-hydrogen) atoms. The van der Waals surface area contributed by atoms with Gasteiger partial charge >= 0.3 is 5.97 Å². The van der Waals surface area contributed by atoms with Crippen LogP contribution < -0.4 is 5.32 Å². The summed E-state index contributed by atoms with van der Waals surface area (Å²) in [5, 5.41) is 3.16. The van der Waals surface area contributed by atoms with Gasteiger partial charge < -0.3 is 10.1 Å². The number of aromatic nitrogens is 1. The minimum absolute atomic E-state index is 0.168. The molecule has 1 N–H and O–H groups in total. The van der Waals surface area contributed by atoms with Crippen LogP contribution in [0.4, 0.5) is 5.69 Å². The van der Waals surface area contributed by atoms with Crippen LogP contribution in [0.1, 0.15) is 30.4 Å². The number of unbranched alkanes of at least 4 members (excludes halogenated alkanes) is 1. The third-order valence-corrected chi connectivity index (χ3v) is 3.60. The normalized spacial score (nSPS) is 11.1. The fourth-order valence-electron chi connectivity index (χ4n) is 2.36. The smallest absolute Gasteiger partial charge is 0.305 e. The van der Waals surface area contributed by atoms with Gasteiger partial charge in [0.2, 0.25) is 0 Å². The van der Waals surface area contributed by atoms with Gasteiger partial charge in [-0.25, -0.2) is 0 Å². The van der Waals surface area contributed by atoms with E-state index in [1.54, 1.807) is 6.20 Å². The lowest BCUT2D eigenvalue weighted by Gasteiger charge is -2.10. The number of anilines is 1. The van der Waals surface area contributed by atoms with Crippen LogP contribution in [0, 0.1) is 0 Å². The minimum atomic E-state index is -0.168. The van der Waals surface area contributed by atoms with Crippen LogP contribution in [0.15, 0.2) is 54.9 Å². The zero-order valence-corrected chi connectivity index (χ0v) is 13.6. The summed E-state index contributed by atoms with van der Waals surface area (Å²) in [7, 11) is 3.32. The molecule has 0 atom stereocenters. The molecule has 1 aromatic carbocycles. The number of esters is 1. The largest absolute Gasteiger partial charge is 0.469 e.